The van der Waals surface area contributed by atoms with Gasteiger partial charge in [-0.05, 0) is 110 Å². The average Bonchev–Trinajstić information content (AvgIpc) is 3.23. The van der Waals surface area contributed by atoms with Crippen molar-refractivity contribution in [1.29, 1.82) is 0 Å². The van der Waals surface area contributed by atoms with Crippen LogP contribution in [0.15, 0.2) is 30.3 Å². The number of hydrogen-bond donors (Lipinski definition) is 0. The number of rotatable bonds is 42. The van der Waals surface area contributed by atoms with Crippen LogP contribution in [0.2, 0.25) is 0 Å². The molecule has 0 fully saturated rings. The van der Waals surface area contributed by atoms with Crippen LogP contribution in [-0.2, 0) is 25.6 Å². The summed E-state index contributed by atoms with van der Waals surface area (Å²) in [6.45, 7) is 21.8. The average molecular weight is 840 g/mol. The molecule has 0 bridgehead atoms. The molecule has 0 heterocycles. The van der Waals surface area contributed by atoms with Crippen LogP contribution < -0.4 is 0 Å². The van der Waals surface area contributed by atoms with Gasteiger partial charge in [-0.3, -0.25) is 14.5 Å². The van der Waals surface area contributed by atoms with E-state index in [-0.39, 0.29) is 11.9 Å². The third-order valence-electron chi connectivity index (χ3n) is 13.2. The molecule has 60 heavy (non-hydrogen) atoms. The van der Waals surface area contributed by atoms with E-state index in [9.17, 15) is 9.59 Å². The minimum absolute atomic E-state index is 0.0153. The minimum atomic E-state index is -0.415. The van der Waals surface area contributed by atoms with Gasteiger partial charge in [0, 0.05) is 6.54 Å². The van der Waals surface area contributed by atoms with Crippen LogP contribution in [0.1, 0.15) is 254 Å². The Kier molecular flexibility index (Phi) is 34.2. The van der Waals surface area contributed by atoms with Gasteiger partial charge in [0.2, 0.25) is 0 Å². The summed E-state index contributed by atoms with van der Waals surface area (Å²) in [5, 5.41) is 0. The second-order valence-electron chi connectivity index (χ2n) is 20.1. The first-order valence-corrected chi connectivity index (χ1v) is 26.1. The van der Waals surface area contributed by atoms with Gasteiger partial charge in [-0.1, -0.05) is 199 Å². The van der Waals surface area contributed by atoms with Crippen molar-refractivity contribution in [3.63, 3.8) is 0 Å². The monoisotopic (exact) mass is 840 g/mol. The van der Waals surface area contributed by atoms with Crippen molar-refractivity contribution in [3.05, 3.63) is 35.9 Å². The summed E-state index contributed by atoms with van der Waals surface area (Å²) in [5.74, 6) is 1.55. The Morgan fingerprint density at radius 3 is 1.18 bits per heavy atom. The van der Waals surface area contributed by atoms with E-state index in [0.29, 0.717) is 13.2 Å². The van der Waals surface area contributed by atoms with Crippen molar-refractivity contribution in [2.45, 2.75) is 255 Å². The molecule has 1 aromatic rings. The molecule has 0 N–H and O–H groups in total. The number of esters is 2. The quantitative estimate of drug-likeness (QED) is 0.0485. The molecule has 0 atom stereocenters. The van der Waals surface area contributed by atoms with E-state index in [1.807, 2.05) is 0 Å². The molecule has 1 rings (SSSR count). The zero-order valence-corrected chi connectivity index (χ0v) is 41.4. The van der Waals surface area contributed by atoms with E-state index < -0.39 is 10.8 Å². The van der Waals surface area contributed by atoms with E-state index in [2.05, 4.69) is 90.6 Å². The second-order valence-corrected chi connectivity index (χ2v) is 20.1. The standard InChI is InChI=1S/C55H101NO4/c1-9-13-22-34-49(35-23-14-10-2)40-32-46-59-52(57)54(5,6)42-28-17-19-30-44-56(48-51-38-26-21-27-39-51)45-31-20-18-29-43-55(7,8)53(58)60-47-33-41-50(36-24-15-11-3)37-25-16-12-4/h21,26-27,38-39,49-50H,9-20,22-25,28-37,40-48H2,1-8H3. The second kappa shape index (κ2) is 36.6. The minimum Gasteiger partial charge on any atom is -0.465 e. The number of ether oxygens (including phenoxy) is 2. The predicted octanol–water partition coefficient (Wildman–Crippen LogP) is 16.6. The molecule has 1 aromatic carbocycles. The van der Waals surface area contributed by atoms with Gasteiger partial charge in [0.15, 0.2) is 0 Å². The van der Waals surface area contributed by atoms with Crippen molar-refractivity contribution in [2.24, 2.45) is 22.7 Å². The maximum absolute atomic E-state index is 13.0. The molecule has 5 heteroatoms. The highest BCUT2D eigenvalue weighted by Gasteiger charge is 2.29. The van der Waals surface area contributed by atoms with Gasteiger partial charge in [0.25, 0.3) is 0 Å². The molecule has 0 aromatic heterocycles. The molecule has 0 aliphatic carbocycles. The fraction of sp³-hybridized carbons (Fsp3) is 0.855. The molecular formula is C55H101NO4. The highest BCUT2D eigenvalue weighted by atomic mass is 16.5. The van der Waals surface area contributed by atoms with Gasteiger partial charge in [0.05, 0.1) is 24.0 Å². The lowest BCUT2D eigenvalue weighted by Gasteiger charge is -2.24. The number of carbonyl (C=O) groups excluding carboxylic acids is 2. The zero-order chi connectivity index (χ0) is 44.2. The van der Waals surface area contributed by atoms with Gasteiger partial charge in [-0.2, -0.15) is 0 Å². The lowest BCUT2D eigenvalue weighted by molar-refractivity contribution is -0.155. The van der Waals surface area contributed by atoms with E-state index in [1.165, 1.54) is 147 Å². The molecule has 5 nitrogen and oxygen atoms in total. The molecular weight excluding hydrogens is 739 g/mol. The van der Waals surface area contributed by atoms with Crippen LogP contribution in [0.5, 0.6) is 0 Å². The molecule has 0 unspecified atom stereocenters. The third kappa shape index (κ3) is 29.4. The van der Waals surface area contributed by atoms with Crippen molar-refractivity contribution in [1.82, 2.24) is 4.90 Å². The molecule has 0 amide bonds. The van der Waals surface area contributed by atoms with Gasteiger partial charge in [-0.15, -0.1) is 0 Å². The lowest BCUT2D eigenvalue weighted by Crippen LogP contribution is -2.27. The van der Waals surface area contributed by atoms with E-state index in [1.54, 1.807) is 0 Å². The fourth-order valence-electron chi connectivity index (χ4n) is 8.89. The third-order valence-corrected chi connectivity index (χ3v) is 13.2. The normalized spacial score (nSPS) is 12.2. The summed E-state index contributed by atoms with van der Waals surface area (Å²) in [6, 6.07) is 10.9. The van der Waals surface area contributed by atoms with Crippen LogP contribution in [0.3, 0.4) is 0 Å². The Bertz CT molecular complexity index is 1040. The molecule has 0 aliphatic rings. The van der Waals surface area contributed by atoms with Gasteiger partial charge < -0.3 is 9.47 Å². The first-order valence-electron chi connectivity index (χ1n) is 26.1. The summed E-state index contributed by atoms with van der Waals surface area (Å²) in [7, 11) is 0. The topological polar surface area (TPSA) is 55.8 Å². The Labute approximate surface area is 374 Å². The van der Waals surface area contributed by atoms with Crippen LogP contribution in [0.4, 0.5) is 0 Å². The lowest BCUT2D eigenvalue weighted by atomic mass is 9.87. The van der Waals surface area contributed by atoms with Crippen LogP contribution in [-0.4, -0.2) is 43.1 Å². The van der Waals surface area contributed by atoms with Crippen LogP contribution >= 0.6 is 0 Å². The van der Waals surface area contributed by atoms with E-state index >= 15 is 0 Å². The van der Waals surface area contributed by atoms with Gasteiger partial charge >= 0.3 is 11.9 Å². The number of carbonyl (C=O) groups is 2. The SMILES string of the molecule is CCCCCC(CCCCC)CCCOC(=O)C(C)(C)CCCCCCN(CCCCCCC(C)(C)C(=O)OCCCC(CCCCC)CCCCC)Cc1ccccc1. The number of unbranched alkanes of at least 4 members (excludes halogenated alkanes) is 14. The van der Waals surface area contributed by atoms with E-state index in [4.69, 9.17) is 9.47 Å². The molecule has 0 radical (unpaired) electrons. The molecule has 0 spiro atoms. The van der Waals surface area contributed by atoms with Crippen molar-refractivity contribution in [3.8, 4) is 0 Å². The Balaban J connectivity index is 2.38. The summed E-state index contributed by atoms with van der Waals surface area (Å²) < 4.78 is 11.7. The Hall–Kier alpha value is -1.88. The highest BCUT2D eigenvalue weighted by Crippen LogP contribution is 2.29. The summed E-state index contributed by atoms with van der Waals surface area (Å²) in [6.07, 6.45) is 36.5. The van der Waals surface area contributed by atoms with Crippen molar-refractivity contribution >= 4 is 11.9 Å². The number of nitrogens with zero attached hydrogens (tertiary/aromatic N) is 1. The number of benzene rings is 1. The molecule has 0 aliphatic heterocycles. The zero-order valence-electron chi connectivity index (χ0n) is 41.4. The first kappa shape index (κ1) is 56.1. The Morgan fingerprint density at radius 2 is 0.817 bits per heavy atom. The fourth-order valence-corrected chi connectivity index (χ4v) is 8.89. The maximum Gasteiger partial charge on any atom is 0.311 e. The van der Waals surface area contributed by atoms with E-state index in [0.717, 1.165) is 82.8 Å². The highest BCUT2D eigenvalue weighted by molar-refractivity contribution is 5.76. The van der Waals surface area contributed by atoms with Crippen LogP contribution in [0.25, 0.3) is 0 Å². The van der Waals surface area contributed by atoms with Gasteiger partial charge in [-0.25, -0.2) is 0 Å². The Morgan fingerprint density at radius 1 is 0.467 bits per heavy atom. The largest absolute Gasteiger partial charge is 0.465 e. The number of hydrogen-bond acceptors (Lipinski definition) is 5. The van der Waals surface area contributed by atoms with Crippen molar-refractivity contribution < 1.29 is 19.1 Å². The first-order chi connectivity index (χ1) is 29.0. The maximum atomic E-state index is 13.0. The molecule has 350 valence electrons. The summed E-state index contributed by atoms with van der Waals surface area (Å²) >= 11 is 0. The molecule has 0 saturated carbocycles. The van der Waals surface area contributed by atoms with Crippen molar-refractivity contribution in [2.75, 3.05) is 26.3 Å². The van der Waals surface area contributed by atoms with Crippen LogP contribution in [0, 0.1) is 22.7 Å². The summed E-state index contributed by atoms with van der Waals surface area (Å²) in [4.78, 5) is 28.7. The van der Waals surface area contributed by atoms with Gasteiger partial charge in [0.1, 0.15) is 0 Å². The predicted molar refractivity (Wildman–Crippen MR) is 259 cm³/mol. The summed E-state index contributed by atoms with van der Waals surface area (Å²) in [5.41, 5.74) is 0.549. The smallest absolute Gasteiger partial charge is 0.311 e. The molecule has 0 saturated heterocycles.